The summed E-state index contributed by atoms with van der Waals surface area (Å²) in [5, 5.41) is 2.88. The fourth-order valence-electron chi connectivity index (χ4n) is 2.30. The number of nitrogens with one attached hydrogen (secondary N) is 2. The molecular formula is C19H14BrClN2O3S. The minimum atomic E-state index is -3.76. The largest absolute Gasteiger partial charge is 0.321 e. The van der Waals surface area contributed by atoms with Crippen molar-refractivity contribution in [1.82, 2.24) is 0 Å². The highest BCUT2D eigenvalue weighted by molar-refractivity contribution is 9.10. The number of para-hydroxylation sites is 1. The summed E-state index contributed by atoms with van der Waals surface area (Å²) in [6.45, 7) is 0. The van der Waals surface area contributed by atoms with E-state index < -0.39 is 10.0 Å². The van der Waals surface area contributed by atoms with Gasteiger partial charge in [-0.15, -0.1) is 0 Å². The van der Waals surface area contributed by atoms with E-state index in [1.165, 1.54) is 30.3 Å². The minimum Gasteiger partial charge on any atom is -0.321 e. The fourth-order valence-corrected chi connectivity index (χ4v) is 4.07. The molecule has 0 saturated heterocycles. The lowest BCUT2D eigenvalue weighted by Crippen LogP contribution is -2.15. The number of carbonyl (C=O) groups excluding carboxylic acids is 1. The van der Waals surface area contributed by atoms with Crippen molar-refractivity contribution in [2.24, 2.45) is 0 Å². The number of anilines is 2. The maximum atomic E-state index is 12.4. The molecule has 0 spiro atoms. The van der Waals surface area contributed by atoms with Crippen molar-refractivity contribution in [2.45, 2.75) is 4.90 Å². The summed E-state index contributed by atoms with van der Waals surface area (Å²) >= 11 is 9.55. The molecule has 0 heterocycles. The summed E-state index contributed by atoms with van der Waals surface area (Å²) in [6.07, 6.45) is 0. The number of benzene rings is 3. The smallest absolute Gasteiger partial charge is 0.261 e. The topological polar surface area (TPSA) is 75.3 Å². The van der Waals surface area contributed by atoms with Crippen molar-refractivity contribution in [1.29, 1.82) is 0 Å². The van der Waals surface area contributed by atoms with Gasteiger partial charge in [0.05, 0.1) is 21.3 Å². The molecule has 138 valence electrons. The van der Waals surface area contributed by atoms with E-state index in [1.54, 1.807) is 30.3 Å². The van der Waals surface area contributed by atoms with Crippen LogP contribution in [0.25, 0.3) is 0 Å². The van der Waals surface area contributed by atoms with Crippen LogP contribution in [0.2, 0.25) is 5.02 Å². The quantitative estimate of drug-likeness (QED) is 0.547. The summed E-state index contributed by atoms with van der Waals surface area (Å²) in [7, 11) is -3.76. The zero-order chi connectivity index (χ0) is 19.4. The first-order valence-corrected chi connectivity index (χ1v) is 10.5. The van der Waals surface area contributed by atoms with Gasteiger partial charge in [0.25, 0.3) is 15.9 Å². The summed E-state index contributed by atoms with van der Waals surface area (Å²) in [5.41, 5.74) is 1.11. The Balaban J connectivity index is 1.80. The van der Waals surface area contributed by atoms with E-state index >= 15 is 0 Å². The molecule has 3 rings (SSSR count). The van der Waals surface area contributed by atoms with Crippen LogP contribution in [0.5, 0.6) is 0 Å². The average Bonchev–Trinajstić information content (AvgIpc) is 2.66. The van der Waals surface area contributed by atoms with E-state index in [9.17, 15) is 13.2 Å². The molecule has 0 aliphatic rings. The van der Waals surface area contributed by atoms with Crippen LogP contribution in [-0.4, -0.2) is 14.3 Å². The first-order valence-electron chi connectivity index (χ1n) is 7.80. The molecule has 0 aliphatic heterocycles. The number of rotatable bonds is 5. The van der Waals surface area contributed by atoms with Crippen molar-refractivity contribution in [2.75, 3.05) is 10.0 Å². The van der Waals surface area contributed by atoms with Gasteiger partial charge in [-0.2, -0.15) is 0 Å². The second-order valence-corrected chi connectivity index (χ2v) is 8.49. The van der Waals surface area contributed by atoms with Gasteiger partial charge < -0.3 is 5.32 Å². The third kappa shape index (κ3) is 4.68. The van der Waals surface area contributed by atoms with E-state index in [-0.39, 0.29) is 21.5 Å². The lowest BCUT2D eigenvalue weighted by Gasteiger charge is -2.11. The van der Waals surface area contributed by atoms with Gasteiger partial charge in [0.1, 0.15) is 0 Å². The maximum Gasteiger partial charge on any atom is 0.261 e. The lowest BCUT2D eigenvalue weighted by atomic mass is 10.2. The van der Waals surface area contributed by atoms with Gasteiger partial charge in [0.15, 0.2) is 0 Å². The van der Waals surface area contributed by atoms with Gasteiger partial charge in [0.2, 0.25) is 0 Å². The molecule has 3 aromatic rings. The Kier molecular flexibility index (Phi) is 5.84. The summed E-state index contributed by atoms with van der Waals surface area (Å²) in [6, 6.07) is 19.5. The van der Waals surface area contributed by atoms with Crippen LogP contribution in [-0.2, 0) is 10.0 Å². The van der Waals surface area contributed by atoms with E-state index in [1.807, 2.05) is 12.1 Å². The normalized spacial score (nSPS) is 11.0. The Bertz CT molecular complexity index is 1090. The van der Waals surface area contributed by atoms with Gasteiger partial charge >= 0.3 is 0 Å². The van der Waals surface area contributed by atoms with Crippen LogP contribution >= 0.6 is 27.5 Å². The number of carbonyl (C=O) groups is 1. The van der Waals surface area contributed by atoms with Crippen molar-refractivity contribution in [3.63, 3.8) is 0 Å². The van der Waals surface area contributed by atoms with E-state index in [4.69, 9.17) is 11.6 Å². The molecule has 3 aromatic carbocycles. The number of amides is 1. The fraction of sp³-hybridized carbons (Fsp3) is 0. The predicted octanol–water partition coefficient (Wildman–Crippen LogP) is 5.16. The zero-order valence-electron chi connectivity index (χ0n) is 13.8. The number of hydrogen-bond donors (Lipinski definition) is 2. The monoisotopic (exact) mass is 464 g/mol. The van der Waals surface area contributed by atoms with Gasteiger partial charge in [-0.1, -0.05) is 41.9 Å². The lowest BCUT2D eigenvalue weighted by molar-refractivity contribution is 0.102. The van der Waals surface area contributed by atoms with Crippen LogP contribution in [0.4, 0.5) is 11.4 Å². The highest BCUT2D eigenvalue weighted by Crippen LogP contribution is 2.27. The first kappa shape index (κ1) is 19.4. The molecule has 27 heavy (non-hydrogen) atoms. The molecule has 0 unspecified atom stereocenters. The zero-order valence-corrected chi connectivity index (χ0v) is 17.0. The van der Waals surface area contributed by atoms with Crippen LogP contribution in [0.3, 0.4) is 0 Å². The Morgan fingerprint density at radius 1 is 0.889 bits per heavy atom. The minimum absolute atomic E-state index is 0.120. The van der Waals surface area contributed by atoms with Crippen LogP contribution < -0.4 is 10.0 Å². The Morgan fingerprint density at radius 3 is 2.22 bits per heavy atom. The molecule has 0 radical (unpaired) electrons. The molecule has 0 aromatic heterocycles. The van der Waals surface area contributed by atoms with Gasteiger partial charge in [-0.05, 0) is 58.4 Å². The van der Waals surface area contributed by atoms with E-state index in [0.29, 0.717) is 11.3 Å². The first-order chi connectivity index (χ1) is 12.9. The van der Waals surface area contributed by atoms with E-state index in [2.05, 4.69) is 26.0 Å². The van der Waals surface area contributed by atoms with Gasteiger partial charge in [0, 0.05) is 10.0 Å². The van der Waals surface area contributed by atoms with Crippen LogP contribution in [0.15, 0.2) is 82.2 Å². The molecule has 8 heteroatoms. The molecule has 0 aliphatic carbocycles. The van der Waals surface area contributed by atoms with Gasteiger partial charge in [-0.25, -0.2) is 8.42 Å². The number of halogens is 2. The molecule has 0 saturated carbocycles. The highest BCUT2D eigenvalue weighted by atomic mass is 79.9. The Hall–Kier alpha value is -2.35. The standard InChI is InChI=1S/C19H14BrClN2O3S/c20-15-8-4-5-9-17(15)22-19(24)13-10-11-18(16(21)12-13)23-27(25,26)14-6-2-1-3-7-14/h1-12,23H,(H,22,24). The van der Waals surface area contributed by atoms with Crippen molar-refractivity contribution < 1.29 is 13.2 Å². The van der Waals surface area contributed by atoms with Crippen molar-refractivity contribution in [3.8, 4) is 0 Å². The molecule has 0 bridgehead atoms. The molecule has 0 fully saturated rings. The van der Waals surface area contributed by atoms with E-state index in [0.717, 1.165) is 4.47 Å². The summed E-state index contributed by atoms with van der Waals surface area (Å²) < 4.78 is 28.0. The predicted molar refractivity (Wildman–Crippen MR) is 111 cm³/mol. The molecule has 2 N–H and O–H groups in total. The average molecular weight is 466 g/mol. The number of hydrogen-bond acceptors (Lipinski definition) is 3. The molecule has 0 atom stereocenters. The highest BCUT2D eigenvalue weighted by Gasteiger charge is 2.16. The number of sulfonamides is 1. The van der Waals surface area contributed by atoms with Crippen LogP contribution in [0, 0.1) is 0 Å². The molecule has 5 nitrogen and oxygen atoms in total. The Labute approximate surface area is 170 Å². The van der Waals surface area contributed by atoms with Crippen LogP contribution in [0.1, 0.15) is 10.4 Å². The Morgan fingerprint density at radius 2 is 1.56 bits per heavy atom. The second kappa shape index (κ2) is 8.12. The summed E-state index contributed by atoms with van der Waals surface area (Å²) in [4.78, 5) is 12.5. The van der Waals surface area contributed by atoms with Crippen molar-refractivity contribution >= 4 is 54.8 Å². The second-order valence-electron chi connectivity index (χ2n) is 5.55. The van der Waals surface area contributed by atoms with Gasteiger partial charge in [-0.3, -0.25) is 9.52 Å². The third-order valence-electron chi connectivity index (χ3n) is 3.65. The third-order valence-corrected chi connectivity index (χ3v) is 6.04. The SMILES string of the molecule is O=C(Nc1ccccc1Br)c1ccc(NS(=O)(=O)c2ccccc2)c(Cl)c1. The molecular weight excluding hydrogens is 452 g/mol. The summed E-state index contributed by atoms with van der Waals surface area (Å²) in [5.74, 6) is -0.360. The van der Waals surface area contributed by atoms with Crippen molar-refractivity contribution in [3.05, 3.63) is 87.9 Å². The molecule has 1 amide bonds. The maximum absolute atomic E-state index is 12.4.